The maximum absolute atomic E-state index is 5.31. The summed E-state index contributed by atoms with van der Waals surface area (Å²) in [5, 5.41) is 10.0. The molecule has 0 spiro atoms. The van der Waals surface area contributed by atoms with Crippen LogP contribution in [0.5, 0.6) is 5.75 Å². The normalized spacial score (nSPS) is 10.9. The number of anilines is 1. The van der Waals surface area contributed by atoms with Gasteiger partial charge in [-0.1, -0.05) is 18.2 Å². The van der Waals surface area contributed by atoms with Crippen LogP contribution in [0.4, 0.5) is 5.82 Å². The van der Waals surface area contributed by atoms with Crippen molar-refractivity contribution < 1.29 is 4.74 Å². The molecule has 1 aromatic carbocycles. The largest absolute Gasteiger partial charge is 0.497 e. The number of ether oxygens (including phenoxy) is 1. The van der Waals surface area contributed by atoms with Crippen LogP contribution in [-0.4, -0.2) is 21.7 Å². The van der Waals surface area contributed by atoms with Crippen LogP contribution in [0.15, 0.2) is 60.2 Å². The lowest BCUT2D eigenvalue weighted by molar-refractivity contribution is 0.415. The van der Waals surface area contributed by atoms with Gasteiger partial charge in [-0.2, -0.15) is 9.61 Å². The van der Waals surface area contributed by atoms with E-state index in [1.807, 2.05) is 41.0 Å². The fourth-order valence-electron chi connectivity index (χ4n) is 2.61. The molecule has 0 saturated carbocycles. The standard InChI is InChI=1S/C18H16N4OS/c1-23-14-5-2-4-13(10-14)16-12-21-22-17(7-8-19-18(16)22)20-11-15-6-3-9-24-15/h2-10,12,20H,11H2,1H3. The molecule has 6 heteroatoms. The highest BCUT2D eigenvalue weighted by atomic mass is 32.1. The minimum Gasteiger partial charge on any atom is -0.497 e. The van der Waals surface area contributed by atoms with E-state index in [0.29, 0.717) is 0 Å². The first-order chi connectivity index (χ1) is 11.8. The highest BCUT2D eigenvalue weighted by Crippen LogP contribution is 2.27. The number of thiophene rings is 1. The predicted octanol–water partition coefficient (Wildman–Crippen LogP) is 4.08. The van der Waals surface area contributed by atoms with Crippen LogP contribution in [0.3, 0.4) is 0 Å². The number of fused-ring (bicyclic) bond motifs is 1. The van der Waals surface area contributed by atoms with E-state index in [1.54, 1.807) is 24.6 Å². The summed E-state index contributed by atoms with van der Waals surface area (Å²) in [6.45, 7) is 0.769. The molecular formula is C18H16N4OS. The average molecular weight is 336 g/mol. The summed E-state index contributed by atoms with van der Waals surface area (Å²) < 4.78 is 7.15. The van der Waals surface area contributed by atoms with E-state index in [1.165, 1.54) is 4.88 Å². The summed E-state index contributed by atoms with van der Waals surface area (Å²) >= 11 is 1.73. The molecule has 4 aromatic rings. The average Bonchev–Trinajstić information content (AvgIpc) is 3.29. The van der Waals surface area contributed by atoms with Gasteiger partial charge in [-0.25, -0.2) is 4.98 Å². The zero-order chi connectivity index (χ0) is 16.4. The second-order valence-electron chi connectivity index (χ2n) is 5.29. The summed E-state index contributed by atoms with van der Waals surface area (Å²) in [5.74, 6) is 1.74. The number of aromatic nitrogens is 3. The van der Waals surface area contributed by atoms with Crippen molar-refractivity contribution >= 4 is 22.8 Å². The third-order valence-electron chi connectivity index (χ3n) is 3.81. The minimum absolute atomic E-state index is 0.769. The fourth-order valence-corrected chi connectivity index (χ4v) is 3.26. The highest BCUT2D eigenvalue weighted by molar-refractivity contribution is 7.09. The molecule has 0 unspecified atom stereocenters. The van der Waals surface area contributed by atoms with Crippen molar-refractivity contribution in [3.8, 4) is 16.9 Å². The van der Waals surface area contributed by atoms with Crippen LogP contribution < -0.4 is 10.1 Å². The van der Waals surface area contributed by atoms with Crippen LogP contribution in [0.25, 0.3) is 16.8 Å². The molecule has 0 aliphatic heterocycles. The summed E-state index contributed by atoms with van der Waals surface area (Å²) in [6, 6.07) is 14.0. The molecule has 0 atom stereocenters. The van der Waals surface area contributed by atoms with E-state index in [4.69, 9.17) is 4.74 Å². The lowest BCUT2D eigenvalue weighted by Gasteiger charge is -2.07. The van der Waals surface area contributed by atoms with Gasteiger partial charge in [0, 0.05) is 16.6 Å². The number of nitrogens with zero attached hydrogens (tertiary/aromatic N) is 3. The number of rotatable bonds is 5. The summed E-state index contributed by atoms with van der Waals surface area (Å²) in [7, 11) is 1.67. The van der Waals surface area contributed by atoms with Gasteiger partial charge in [0.15, 0.2) is 5.65 Å². The van der Waals surface area contributed by atoms with Gasteiger partial charge < -0.3 is 10.1 Å². The molecule has 3 aromatic heterocycles. The van der Waals surface area contributed by atoms with Gasteiger partial charge in [-0.3, -0.25) is 0 Å². The van der Waals surface area contributed by atoms with Gasteiger partial charge in [-0.05, 0) is 35.2 Å². The minimum atomic E-state index is 0.769. The van der Waals surface area contributed by atoms with Crippen molar-refractivity contribution in [2.75, 3.05) is 12.4 Å². The number of nitrogens with one attached hydrogen (secondary N) is 1. The van der Waals surface area contributed by atoms with Gasteiger partial charge in [-0.15, -0.1) is 11.3 Å². The molecule has 0 fully saturated rings. The van der Waals surface area contributed by atoms with Crippen LogP contribution in [0, 0.1) is 0 Å². The van der Waals surface area contributed by atoms with Crippen LogP contribution in [0.2, 0.25) is 0 Å². The summed E-state index contributed by atoms with van der Waals surface area (Å²) in [4.78, 5) is 5.78. The summed E-state index contributed by atoms with van der Waals surface area (Å²) in [6.07, 6.45) is 3.64. The molecule has 24 heavy (non-hydrogen) atoms. The lowest BCUT2D eigenvalue weighted by atomic mass is 10.1. The van der Waals surface area contributed by atoms with Crippen molar-refractivity contribution in [1.29, 1.82) is 0 Å². The van der Waals surface area contributed by atoms with E-state index >= 15 is 0 Å². The smallest absolute Gasteiger partial charge is 0.165 e. The number of benzene rings is 1. The zero-order valence-corrected chi connectivity index (χ0v) is 14.0. The van der Waals surface area contributed by atoms with Crippen LogP contribution in [-0.2, 0) is 6.54 Å². The van der Waals surface area contributed by atoms with Gasteiger partial charge >= 0.3 is 0 Å². The van der Waals surface area contributed by atoms with E-state index in [-0.39, 0.29) is 0 Å². The SMILES string of the molecule is COc1cccc(-c2cnn3c(NCc4cccs4)ccnc23)c1. The first kappa shape index (κ1) is 14.7. The molecule has 0 radical (unpaired) electrons. The Kier molecular flexibility index (Phi) is 3.88. The molecule has 0 amide bonds. The summed E-state index contributed by atoms with van der Waals surface area (Å²) in [5.41, 5.74) is 2.83. The molecule has 0 bridgehead atoms. The fraction of sp³-hybridized carbons (Fsp3) is 0.111. The second kappa shape index (κ2) is 6.33. The molecule has 5 nitrogen and oxygen atoms in total. The van der Waals surface area contributed by atoms with E-state index < -0.39 is 0 Å². The Labute approximate surface area is 143 Å². The molecule has 4 rings (SSSR count). The quantitative estimate of drug-likeness (QED) is 0.597. The Balaban J connectivity index is 1.70. The molecular weight excluding hydrogens is 320 g/mol. The number of hydrogen-bond donors (Lipinski definition) is 1. The van der Waals surface area contributed by atoms with Crippen LogP contribution in [0.1, 0.15) is 4.88 Å². The first-order valence-electron chi connectivity index (χ1n) is 7.58. The molecule has 1 N–H and O–H groups in total. The number of methoxy groups -OCH3 is 1. The molecule has 0 aliphatic rings. The predicted molar refractivity (Wildman–Crippen MR) is 96.6 cm³/mol. The Bertz CT molecular complexity index is 962. The molecule has 120 valence electrons. The van der Waals surface area contributed by atoms with E-state index in [9.17, 15) is 0 Å². The van der Waals surface area contributed by atoms with Crippen molar-refractivity contribution in [2.45, 2.75) is 6.54 Å². The first-order valence-corrected chi connectivity index (χ1v) is 8.46. The molecule has 0 aliphatic carbocycles. The Hall–Kier alpha value is -2.86. The van der Waals surface area contributed by atoms with Crippen molar-refractivity contribution in [1.82, 2.24) is 14.6 Å². The molecule has 3 heterocycles. The lowest BCUT2D eigenvalue weighted by Crippen LogP contribution is -2.04. The van der Waals surface area contributed by atoms with Crippen molar-refractivity contribution in [3.05, 3.63) is 65.1 Å². The van der Waals surface area contributed by atoms with Gasteiger partial charge in [0.05, 0.1) is 19.9 Å². The Morgan fingerprint density at radius 2 is 2.17 bits per heavy atom. The Morgan fingerprint density at radius 3 is 3.00 bits per heavy atom. The van der Waals surface area contributed by atoms with E-state index in [2.05, 4.69) is 32.9 Å². The highest BCUT2D eigenvalue weighted by Gasteiger charge is 2.11. The molecule has 0 saturated heterocycles. The number of hydrogen-bond acceptors (Lipinski definition) is 5. The maximum Gasteiger partial charge on any atom is 0.165 e. The second-order valence-corrected chi connectivity index (χ2v) is 6.32. The zero-order valence-electron chi connectivity index (χ0n) is 13.1. The topological polar surface area (TPSA) is 51.5 Å². The van der Waals surface area contributed by atoms with Gasteiger partial charge in [0.2, 0.25) is 0 Å². The Morgan fingerprint density at radius 1 is 1.21 bits per heavy atom. The van der Waals surface area contributed by atoms with Gasteiger partial charge in [0.25, 0.3) is 0 Å². The van der Waals surface area contributed by atoms with Crippen molar-refractivity contribution in [3.63, 3.8) is 0 Å². The van der Waals surface area contributed by atoms with Gasteiger partial charge in [0.1, 0.15) is 11.6 Å². The van der Waals surface area contributed by atoms with Crippen LogP contribution >= 0.6 is 11.3 Å². The third kappa shape index (κ3) is 2.72. The van der Waals surface area contributed by atoms with Crippen molar-refractivity contribution in [2.24, 2.45) is 0 Å². The van der Waals surface area contributed by atoms with E-state index in [0.717, 1.165) is 34.9 Å². The maximum atomic E-state index is 5.31. The third-order valence-corrected chi connectivity index (χ3v) is 4.68. The monoisotopic (exact) mass is 336 g/mol.